The van der Waals surface area contributed by atoms with Gasteiger partial charge in [0.05, 0.1) is 19.1 Å². The molecule has 1 N–H and O–H groups in total. The molecule has 0 saturated carbocycles. The van der Waals surface area contributed by atoms with Crippen molar-refractivity contribution in [1.82, 2.24) is 10.2 Å². The number of piperidine rings is 1. The Morgan fingerprint density at radius 2 is 1.90 bits per heavy atom. The Balaban J connectivity index is 1.57. The number of nitrogens with one attached hydrogen (secondary N) is 1. The monoisotopic (exact) mass is 412 g/mol. The second-order valence-electron chi connectivity index (χ2n) is 7.86. The van der Waals surface area contributed by atoms with E-state index in [1.807, 2.05) is 24.3 Å². The lowest BCUT2D eigenvalue weighted by Gasteiger charge is -2.39. The first-order valence-corrected chi connectivity index (χ1v) is 10.3. The summed E-state index contributed by atoms with van der Waals surface area (Å²) in [4.78, 5) is 26.7. The number of carbonyl (C=O) groups excluding carboxylic acids is 2. The molecule has 6 heteroatoms. The van der Waals surface area contributed by atoms with Gasteiger partial charge in [0.1, 0.15) is 11.6 Å². The SMILES string of the molecule is COc1ccc(CCNC(=O)[C@H]2CC[C@@H](c3ccc(F)c(C)c3)N(C(C)=O)C2)cc1. The Morgan fingerprint density at radius 1 is 1.17 bits per heavy atom. The van der Waals surface area contributed by atoms with Gasteiger partial charge in [0.25, 0.3) is 0 Å². The molecule has 1 aliphatic rings. The van der Waals surface area contributed by atoms with E-state index in [1.54, 1.807) is 31.1 Å². The number of amides is 2. The zero-order valence-corrected chi connectivity index (χ0v) is 17.8. The molecule has 2 aromatic rings. The molecule has 0 spiro atoms. The Kier molecular flexibility index (Phi) is 7.08. The number of rotatable bonds is 6. The van der Waals surface area contributed by atoms with Crippen LogP contribution in [0, 0.1) is 18.7 Å². The van der Waals surface area contributed by atoms with Gasteiger partial charge in [0.15, 0.2) is 0 Å². The number of nitrogens with zero attached hydrogens (tertiary/aromatic N) is 1. The topological polar surface area (TPSA) is 58.6 Å². The van der Waals surface area contributed by atoms with E-state index in [4.69, 9.17) is 4.74 Å². The second kappa shape index (κ2) is 9.74. The quantitative estimate of drug-likeness (QED) is 0.785. The number of carbonyl (C=O) groups is 2. The van der Waals surface area contributed by atoms with Crippen molar-refractivity contribution in [2.24, 2.45) is 5.92 Å². The number of ether oxygens (including phenoxy) is 1. The van der Waals surface area contributed by atoms with Gasteiger partial charge in [-0.2, -0.15) is 0 Å². The van der Waals surface area contributed by atoms with Crippen LogP contribution in [0.2, 0.25) is 0 Å². The van der Waals surface area contributed by atoms with E-state index >= 15 is 0 Å². The number of hydrogen-bond donors (Lipinski definition) is 1. The Bertz CT molecular complexity index is 898. The number of aryl methyl sites for hydroxylation is 1. The fourth-order valence-electron chi connectivity index (χ4n) is 4.02. The summed E-state index contributed by atoms with van der Waals surface area (Å²) >= 11 is 0. The summed E-state index contributed by atoms with van der Waals surface area (Å²) < 4.78 is 18.8. The minimum Gasteiger partial charge on any atom is -0.497 e. The summed E-state index contributed by atoms with van der Waals surface area (Å²) in [7, 11) is 1.63. The molecule has 5 nitrogen and oxygen atoms in total. The van der Waals surface area contributed by atoms with Crippen LogP contribution in [-0.4, -0.2) is 36.9 Å². The summed E-state index contributed by atoms with van der Waals surface area (Å²) in [5.74, 6) is 0.224. The molecule has 1 fully saturated rings. The number of halogens is 1. The van der Waals surface area contributed by atoms with Gasteiger partial charge in [-0.25, -0.2) is 4.39 Å². The van der Waals surface area contributed by atoms with Gasteiger partial charge >= 0.3 is 0 Å². The van der Waals surface area contributed by atoms with Crippen molar-refractivity contribution in [3.8, 4) is 5.75 Å². The van der Waals surface area contributed by atoms with Crippen LogP contribution in [0.1, 0.15) is 42.5 Å². The van der Waals surface area contributed by atoms with Gasteiger partial charge in [-0.1, -0.05) is 24.3 Å². The second-order valence-corrected chi connectivity index (χ2v) is 7.86. The van der Waals surface area contributed by atoms with E-state index in [0.717, 1.165) is 23.3 Å². The molecular weight excluding hydrogens is 383 g/mol. The lowest BCUT2D eigenvalue weighted by molar-refractivity contribution is -0.137. The number of likely N-dealkylation sites (tertiary alicyclic amines) is 1. The minimum absolute atomic E-state index is 0.0245. The molecule has 1 heterocycles. The van der Waals surface area contributed by atoms with Gasteiger partial charge in [0, 0.05) is 20.0 Å². The van der Waals surface area contributed by atoms with E-state index in [-0.39, 0.29) is 29.6 Å². The average molecular weight is 413 g/mol. The molecular formula is C24H29FN2O3. The maximum Gasteiger partial charge on any atom is 0.224 e. The molecule has 0 aromatic heterocycles. The van der Waals surface area contributed by atoms with Gasteiger partial charge in [-0.15, -0.1) is 0 Å². The first-order valence-electron chi connectivity index (χ1n) is 10.3. The van der Waals surface area contributed by atoms with Crippen molar-refractivity contribution in [2.45, 2.75) is 39.2 Å². The minimum atomic E-state index is -0.252. The average Bonchev–Trinajstić information content (AvgIpc) is 2.75. The molecule has 0 radical (unpaired) electrons. The molecule has 0 aliphatic carbocycles. The van der Waals surface area contributed by atoms with Gasteiger partial charge in [-0.3, -0.25) is 9.59 Å². The first kappa shape index (κ1) is 21.8. The molecule has 3 rings (SSSR count). The van der Waals surface area contributed by atoms with Crippen molar-refractivity contribution < 1.29 is 18.7 Å². The van der Waals surface area contributed by atoms with Crippen molar-refractivity contribution in [2.75, 3.05) is 20.2 Å². The maximum absolute atomic E-state index is 13.6. The summed E-state index contributed by atoms with van der Waals surface area (Å²) in [6.45, 7) is 4.17. The van der Waals surface area contributed by atoms with Crippen molar-refractivity contribution in [3.63, 3.8) is 0 Å². The standard InChI is InChI=1S/C24H29FN2O3/c1-16-14-19(6-10-22(16)25)23-11-7-20(15-27(23)17(2)28)24(29)26-13-12-18-4-8-21(30-3)9-5-18/h4-6,8-10,14,20,23H,7,11-13,15H2,1-3H3,(H,26,29)/t20-,23-/m0/s1. The number of benzene rings is 2. The largest absolute Gasteiger partial charge is 0.497 e. The zero-order valence-electron chi connectivity index (χ0n) is 17.8. The molecule has 2 aromatic carbocycles. The van der Waals surface area contributed by atoms with Gasteiger partial charge in [0.2, 0.25) is 11.8 Å². The Hall–Kier alpha value is -2.89. The first-order chi connectivity index (χ1) is 14.4. The van der Waals surface area contributed by atoms with Crippen molar-refractivity contribution >= 4 is 11.8 Å². The molecule has 2 atom stereocenters. The summed E-state index contributed by atoms with van der Waals surface area (Å²) in [5.41, 5.74) is 2.61. The summed E-state index contributed by atoms with van der Waals surface area (Å²) in [6, 6.07) is 12.6. The molecule has 2 amide bonds. The van der Waals surface area contributed by atoms with Crippen LogP contribution in [0.25, 0.3) is 0 Å². The van der Waals surface area contributed by atoms with Crippen LogP contribution in [0.15, 0.2) is 42.5 Å². The summed E-state index contributed by atoms with van der Waals surface area (Å²) in [6.07, 6.45) is 2.11. The Morgan fingerprint density at radius 3 is 2.53 bits per heavy atom. The highest BCUT2D eigenvalue weighted by Gasteiger charge is 2.34. The zero-order chi connectivity index (χ0) is 21.7. The third-order valence-electron chi connectivity index (χ3n) is 5.80. The van der Waals surface area contributed by atoms with E-state index < -0.39 is 0 Å². The third-order valence-corrected chi connectivity index (χ3v) is 5.80. The molecule has 0 unspecified atom stereocenters. The van der Waals surface area contributed by atoms with E-state index in [1.165, 1.54) is 13.0 Å². The fraction of sp³-hybridized carbons (Fsp3) is 0.417. The van der Waals surface area contributed by atoms with Crippen LogP contribution in [0.3, 0.4) is 0 Å². The van der Waals surface area contributed by atoms with Crippen LogP contribution in [0.5, 0.6) is 5.75 Å². The number of methoxy groups -OCH3 is 1. The number of hydrogen-bond acceptors (Lipinski definition) is 3. The predicted octanol–water partition coefficient (Wildman–Crippen LogP) is 3.80. The lowest BCUT2D eigenvalue weighted by Crippen LogP contribution is -2.46. The maximum atomic E-state index is 13.6. The molecule has 30 heavy (non-hydrogen) atoms. The predicted molar refractivity (Wildman–Crippen MR) is 114 cm³/mol. The molecule has 1 aliphatic heterocycles. The van der Waals surface area contributed by atoms with Crippen molar-refractivity contribution in [1.29, 1.82) is 0 Å². The van der Waals surface area contributed by atoms with E-state index in [0.29, 0.717) is 31.5 Å². The van der Waals surface area contributed by atoms with Gasteiger partial charge < -0.3 is 15.0 Å². The lowest BCUT2D eigenvalue weighted by atomic mass is 9.88. The van der Waals surface area contributed by atoms with Crippen LogP contribution >= 0.6 is 0 Å². The van der Waals surface area contributed by atoms with E-state index in [9.17, 15) is 14.0 Å². The van der Waals surface area contributed by atoms with Crippen LogP contribution in [0.4, 0.5) is 4.39 Å². The smallest absolute Gasteiger partial charge is 0.224 e. The Labute approximate surface area is 177 Å². The van der Waals surface area contributed by atoms with Gasteiger partial charge in [-0.05, 0) is 61.1 Å². The fourth-order valence-corrected chi connectivity index (χ4v) is 4.02. The molecule has 1 saturated heterocycles. The molecule has 160 valence electrons. The highest BCUT2D eigenvalue weighted by atomic mass is 19.1. The third kappa shape index (κ3) is 5.17. The van der Waals surface area contributed by atoms with Crippen LogP contribution in [-0.2, 0) is 16.0 Å². The molecule has 0 bridgehead atoms. The normalized spacial score (nSPS) is 18.7. The van der Waals surface area contributed by atoms with Crippen LogP contribution < -0.4 is 10.1 Å². The summed E-state index contributed by atoms with van der Waals surface area (Å²) in [5, 5.41) is 3.00. The van der Waals surface area contributed by atoms with Crippen molar-refractivity contribution in [3.05, 3.63) is 65.0 Å². The van der Waals surface area contributed by atoms with E-state index in [2.05, 4.69) is 5.32 Å². The highest BCUT2D eigenvalue weighted by Crippen LogP contribution is 2.34. The highest BCUT2D eigenvalue weighted by molar-refractivity contribution is 5.81.